The minimum absolute atomic E-state index is 0.0827. The fraction of sp³-hybridized carbons (Fsp3) is 0.258. The van der Waals surface area contributed by atoms with Gasteiger partial charge >= 0.3 is 5.91 Å². The van der Waals surface area contributed by atoms with Crippen molar-refractivity contribution in [2.24, 2.45) is 0 Å². The number of amides is 1. The predicted octanol–water partition coefficient (Wildman–Crippen LogP) is 7.74. The van der Waals surface area contributed by atoms with Crippen molar-refractivity contribution in [1.29, 1.82) is 0 Å². The highest BCUT2D eigenvalue weighted by molar-refractivity contribution is 8.00. The molecule has 2 aromatic heterocycles. The van der Waals surface area contributed by atoms with Crippen LogP contribution in [-0.4, -0.2) is 45.2 Å². The molecule has 13 heteroatoms. The number of aromatic nitrogens is 3. The maximum atomic E-state index is 13.6. The predicted molar refractivity (Wildman–Crippen MR) is 173 cm³/mol. The van der Waals surface area contributed by atoms with E-state index in [-0.39, 0.29) is 16.5 Å². The number of ether oxygens (including phenoxy) is 2. The summed E-state index contributed by atoms with van der Waals surface area (Å²) in [6, 6.07) is 12.6. The van der Waals surface area contributed by atoms with E-state index in [0.717, 1.165) is 29.7 Å². The number of benzene rings is 2. The first-order valence-electron chi connectivity index (χ1n) is 13.8. The number of thioether (sulfide) groups is 1. The van der Waals surface area contributed by atoms with Gasteiger partial charge in [0.15, 0.2) is 15.8 Å². The van der Waals surface area contributed by atoms with Gasteiger partial charge in [-0.2, -0.15) is 0 Å². The van der Waals surface area contributed by atoms with Crippen LogP contribution in [0.4, 0.5) is 5.13 Å². The number of ketones is 1. The van der Waals surface area contributed by atoms with Crippen LogP contribution >= 0.6 is 46.3 Å². The molecular weight excluding hydrogens is 643 g/mol. The molecule has 1 aliphatic rings. The maximum Gasteiger partial charge on any atom is 0.301 e. The number of pyridine rings is 1. The lowest BCUT2D eigenvalue weighted by Crippen LogP contribution is -2.29. The Morgan fingerprint density at radius 1 is 1.02 bits per heavy atom. The van der Waals surface area contributed by atoms with E-state index < -0.39 is 17.7 Å². The average molecular weight is 672 g/mol. The van der Waals surface area contributed by atoms with Crippen LogP contribution in [0.2, 0.25) is 10.0 Å². The van der Waals surface area contributed by atoms with Crippen LogP contribution in [-0.2, 0) is 15.3 Å². The van der Waals surface area contributed by atoms with Crippen molar-refractivity contribution in [1.82, 2.24) is 15.2 Å². The molecular formula is C31H28Cl2N4O5S2. The second kappa shape index (κ2) is 14.4. The van der Waals surface area contributed by atoms with Gasteiger partial charge in [0.2, 0.25) is 5.13 Å². The fourth-order valence-electron chi connectivity index (χ4n) is 4.56. The van der Waals surface area contributed by atoms with E-state index in [1.165, 1.54) is 29.1 Å². The molecule has 1 unspecified atom stereocenters. The highest BCUT2D eigenvalue weighted by atomic mass is 35.5. The second-order valence-electron chi connectivity index (χ2n) is 9.62. The number of hydrogen-bond donors (Lipinski definition) is 1. The summed E-state index contributed by atoms with van der Waals surface area (Å²) in [6.07, 6.45) is 4.84. The molecule has 3 heterocycles. The highest BCUT2D eigenvalue weighted by Gasteiger charge is 2.48. The summed E-state index contributed by atoms with van der Waals surface area (Å²) in [5.74, 6) is -0.500. The number of anilines is 1. The Bertz CT molecular complexity index is 1700. The second-order valence-corrected chi connectivity index (χ2v) is 12.6. The Balaban J connectivity index is 1.55. The third kappa shape index (κ3) is 6.86. The molecule has 2 aromatic carbocycles. The maximum absolute atomic E-state index is 13.6. The summed E-state index contributed by atoms with van der Waals surface area (Å²) in [5.41, 5.74) is 1.66. The highest BCUT2D eigenvalue weighted by Crippen LogP contribution is 2.45. The van der Waals surface area contributed by atoms with Gasteiger partial charge in [-0.15, -0.1) is 10.2 Å². The molecule has 0 spiro atoms. The van der Waals surface area contributed by atoms with E-state index in [2.05, 4.69) is 22.1 Å². The normalized spacial score (nSPS) is 16.0. The minimum atomic E-state index is -1.01. The van der Waals surface area contributed by atoms with Gasteiger partial charge in [-0.1, -0.05) is 71.8 Å². The van der Waals surface area contributed by atoms with Gasteiger partial charge in [0.25, 0.3) is 5.78 Å². The first-order valence-corrected chi connectivity index (χ1v) is 16.4. The van der Waals surface area contributed by atoms with Crippen molar-refractivity contribution in [3.8, 4) is 11.5 Å². The van der Waals surface area contributed by atoms with E-state index in [1.54, 1.807) is 42.5 Å². The molecule has 1 aliphatic heterocycles. The Morgan fingerprint density at radius 2 is 1.82 bits per heavy atom. The molecule has 0 radical (unpaired) electrons. The number of unbranched alkanes of at least 4 members (excludes halogenated alkanes) is 1. The van der Waals surface area contributed by atoms with Crippen molar-refractivity contribution in [3.63, 3.8) is 0 Å². The largest absolute Gasteiger partial charge is 0.507 e. The molecule has 0 saturated carbocycles. The van der Waals surface area contributed by atoms with E-state index in [0.29, 0.717) is 56.0 Å². The van der Waals surface area contributed by atoms with E-state index >= 15 is 0 Å². The monoisotopic (exact) mass is 670 g/mol. The molecule has 1 amide bonds. The van der Waals surface area contributed by atoms with E-state index in [1.807, 2.05) is 13.0 Å². The van der Waals surface area contributed by atoms with Gasteiger partial charge < -0.3 is 14.6 Å². The van der Waals surface area contributed by atoms with E-state index in [4.69, 9.17) is 32.7 Å². The van der Waals surface area contributed by atoms with Crippen LogP contribution in [0.15, 0.2) is 70.8 Å². The van der Waals surface area contributed by atoms with Gasteiger partial charge in [0, 0.05) is 33.8 Å². The zero-order chi connectivity index (χ0) is 31.2. The van der Waals surface area contributed by atoms with Crippen LogP contribution in [0, 0.1) is 0 Å². The molecule has 228 valence electrons. The molecule has 4 aromatic rings. The van der Waals surface area contributed by atoms with Crippen LogP contribution in [0.5, 0.6) is 11.5 Å². The summed E-state index contributed by atoms with van der Waals surface area (Å²) in [7, 11) is 0. The number of carbonyl (C=O) groups excluding carboxylic acids is 2. The molecule has 1 saturated heterocycles. The number of nitrogens with zero attached hydrogens (tertiary/aromatic N) is 4. The molecule has 1 fully saturated rings. The standard InChI is InChI=1S/C31H28Cl2N4O5S2/c1-3-5-14-42-23-9-7-19(15-24(23)41-4-2)26-25(27(38)18-10-12-34-13-11-18)28(39)29(40)37(26)30-35-36-31(44-30)43-17-20-6-8-21(32)16-22(20)33/h6-13,15-16,26,38H,3-5,14,17H2,1-2H3. The zero-order valence-corrected chi connectivity index (χ0v) is 27.0. The number of aliphatic hydroxyl groups is 1. The molecule has 1 N–H and O–H groups in total. The van der Waals surface area contributed by atoms with Gasteiger partial charge in [-0.25, -0.2) is 0 Å². The summed E-state index contributed by atoms with van der Waals surface area (Å²) in [5, 5.41) is 21.2. The summed E-state index contributed by atoms with van der Waals surface area (Å²) in [4.78, 5) is 32.4. The van der Waals surface area contributed by atoms with Crippen LogP contribution < -0.4 is 14.4 Å². The minimum Gasteiger partial charge on any atom is -0.507 e. The molecule has 1 atom stereocenters. The molecule has 44 heavy (non-hydrogen) atoms. The summed E-state index contributed by atoms with van der Waals surface area (Å²) in [6.45, 7) is 4.82. The van der Waals surface area contributed by atoms with Crippen LogP contribution in [0.25, 0.3) is 5.76 Å². The molecule has 5 rings (SSSR count). The Kier molecular flexibility index (Phi) is 10.4. The quantitative estimate of drug-likeness (QED) is 0.0404. The molecule has 0 aliphatic carbocycles. The topological polar surface area (TPSA) is 115 Å². The number of aliphatic hydroxyl groups excluding tert-OH is 1. The number of Topliss-reactive ketones (excluding diaryl/α,β-unsaturated/α-hetero) is 1. The van der Waals surface area contributed by atoms with Gasteiger partial charge in [0.1, 0.15) is 5.76 Å². The SMILES string of the molecule is CCCCOc1ccc(C2C(=C(O)c3ccncc3)C(=O)C(=O)N2c2nnc(SCc3ccc(Cl)cc3Cl)s2)cc1OCC. The lowest BCUT2D eigenvalue weighted by molar-refractivity contribution is -0.132. The number of carbonyl (C=O) groups is 2. The summed E-state index contributed by atoms with van der Waals surface area (Å²) < 4.78 is 12.4. The summed E-state index contributed by atoms with van der Waals surface area (Å²) >= 11 is 14.9. The van der Waals surface area contributed by atoms with Crippen molar-refractivity contribution in [2.45, 2.75) is 42.8 Å². The first-order chi connectivity index (χ1) is 21.3. The van der Waals surface area contributed by atoms with Crippen LogP contribution in [0.3, 0.4) is 0 Å². The smallest absolute Gasteiger partial charge is 0.301 e. The van der Waals surface area contributed by atoms with Crippen LogP contribution in [0.1, 0.15) is 49.4 Å². The number of hydrogen-bond acceptors (Lipinski definition) is 10. The molecule has 0 bridgehead atoms. The third-order valence-electron chi connectivity index (χ3n) is 6.71. The van der Waals surface area contributed by atoms with Crippen molar-refractivity contribution in [2.75, 3.05) is 18.1 Å². The third-order valence-corrected chi connectivity index (χ3v) is 9.40. The fourth-order valence-corrected chi connectivity index (χ4v) is 6.98. The zero-order valence-electron chi connectivity index (χ0n) is 23.8. The Morgan fingerprint density at radius 3 is 2.55 bits per heavy atom. The van der Waals surface area contributed by atoms with Gasteiger partial charge in [-0.05, 0) is 60.9 Å². The number of rotatable bonds is 12. The van der Waals surface area contributed by atoms with Gasteiger partial charge in [0.05, 0.1) is 24.8 Å². The lowest BCUT2D eigenvalue weighted by atomic mass is 9.95. The van der Waals surface area contributed by atoms with Gasteiger partial charge in [-0.3, -0.25) is 19.5 Å². The van der Waals surface area contributed by atoms with E-state index in [9.17, 15) is 14.7 Å². The lowest BCUT2D eigenvalue weighted by Gasteiger charge is -2.23. The van der Waals surface area contributed by atoms with Crippen molar-refractivity contribution >= 4 is 68.9 Å². The van der Waals surface area contributed by atoms with Crippen molar-refractivity contribution in [3.05, 3.63) is 93.2 Å². The Hall–Kier alpha value is -3.64. The van der Waals surface area contributed by atoms with Crippen molar-refractivity contribution < 1.29 is 24.2 Å². The first kappa shape index (κ1) is 31.8. The Labute approximate surface area is 272 Å². The average Bonchev–Trinajstić information content (AvgIpc) is 3.59. The number of halogens is 2. The molecule has 9 nitrogen and oxygen atoms in total.